The number of aliphatic carboxylic acids is 1. The largest absolute Gasteiger partial charge is 0.493 e. The Kier molecular flexibility index (Phi) is 10.5. The quantitative estimate of drug-likeness (QED) is 0.132. The van der Waals surface area contributed by atoms with Gasteiger partial charge in [0.15, 0.2) is 17.3 Å². The van der Waals surface area contributed by atoms with E-state index in [0.29, 0.717) is 35.9 Å². The monoisotopic (exact) mass is 564 g/mol. The molecule has 0 amide bonds. The van der Waals surface area contributed by atoms with Crippen molar-refractivity contribution < 1.29 is 24.1 Å². The fourth-order valence-corrected chi connectivity index (χ4v) is 3.86. The summed E-state index contributed by atoms with van der Waals surface area (Å²) in [6.07, 6.45) is 3.64. The summed E-state index contributed by atoms with van der Waals surface area (Å²) in [6, 6.07) is 11.9. The highest BCUT2D eigenvalue weighted by Gasteiger charge is 2.24. The van der Waals surface area contributed by atoms with Crippen LogP contribution in [0, 0.1) is 5.41 Å². The molecule has 2 heterocycles. The standard InChI is InChI=1S/C25H28N8O4.C2H4O2/c1-35-12-9-16-13-17(14-19(36-2)21(16)37-3)20(30-18-7-5-15(6-8-18)22(26)27)23-31-25(34)33(32-23)24-28-10-4-11-29-24;1-2(3)4/h4-8,10-11,13-14,20,30H,9,12H2,1-3H3,(H3,26,27)(H,31,32,34);1H3,(H,3,4)/t20-;/m0./s1. The van der Waals surface area contributed by atoms with Crippen LogP contribution in [0.4, 0.5) is 5.69 Å². The molecule has 0 unspecified atom stereocenters. The number of carboxylic acid groups (broad SMARTS) is 1. The van der Waals surface area contributed by atoms with Crippen molar-refractivity contribution in [2.75, 3.05) is 33.3 Å². The number of methoxy groups -OCH3 is 3. The maximum absolute atomic E-state index is 12.8. The SMILES string of the molecule is CC(=O)O.COCCc1cc([C@H](Nc2ccc(C(=N)N)cc2)c2nn(-c3ncccn3)c(=O)[nH]2)cc(OC)c1OC. The lowest BCUT2D eigenvalue weighted by molar-refractivity contribution is -0.134. The molecule has 0 radical (unpaired) electrons. The van der Waals surface area contributed by atoms with Crippen molar-refractivity contribution in [3.8, 4) is 17.4 Å². The van der Waals surface area contributed by atoms with Crippen molar-refractivity contribution in [3.05, 3.63) is 87.9 Å². The molecule has 4 rings (SSSR count). The summed E-state index contributed by atoms with van der Waals surface area (Å²) < 4.78 is 17.6. The fourth-order valence-electron chi connectivity index (χ4n) is 3.86. The number of ether oxygens (including phenoxy) is 3. The van der Waals surface area contributed by atoms with Crippen molar-refractivity contribution >= 4 is 17.5 Å². The molecule has 14 nitrogen and oxygen atoms in total. The Morgan fingerprint density at radius 2 is 1.80 bits per heavy atom. The molecule has 41 heavy (non-hydrogen) atoms. The van der Waals surface area contributed by atoms with E-state index in [9.17, 15) is 4.79 Å². The predicted molar refractivity (Wildman–Crippen MR) is 151 cm³/mol. The molecule has 0 saturated heterocycles. The van der Waals surface area contributed by atoms with Gasteiger partial charge in [-0.25, -0.2) is 14.8 Å². The van der Waals surface area contributed by atoms with E-state index in [4.69, 9.17) is 35.3 Å². The number of carboxylic acids is 1. The van der Waals surface area contributed by atoms with Gasteiger partial charge in [0.2, 0.25) is 0 Å². The molecular formula is C27H32N8O6. The second-order valence-electron chi connectivity index (χ2n) is 8.52. The third-order valence-corrected chi connectivity index (χ3v) is 5.64. The van der Waals surface area contributed by atoms with Crippen LogP contribution in [0.25, 0.3) is 5.95 Å². The van der Waals surface area contributed by atoms with E-state index in [0.717, 1.165) is 28.4 Å². The van der Waals surface area contributed by atoms with Gasteiger partial charge in [-0.15, -0.1) is 9.78 Å². The number of hydrogen-bond donors (Lipinski definition) is 5. The predicted octanol–water partition coefficient (Wildman–Crippen LogP) is 2.13. The van der Waals surface area contributed by atoms with Gasteiger partial charge in [0.25, 0.3) is 11.9 Å². The van der Waals surface area contributed by atoms with Crippen molar-refractivity contribution in [2.45, 2.75) is 19.4 Å². The number of carbonyl (C=O) groups is 1. The molecule has 2 aromatic heterocycles. The lowest BCUT2D eigenvalue weighted by Gasteiger charge is -2.22. The normalized spacial score (nSPS) is 11.1. The number of amidine groups is 1. The summed E-state index contributed by atoms with van der Waals surface area (Å²) in [5.41, 5.74) is 8.05. The lowest BCUT2D eigenvalue weighted by Crippen LogP contribution is -2.18. The number of hydrogen-bond acceptors (Lipinski definition) is 10. The first kappa shape index (κ1) is 30.3. The topological polar surface area (TPSA) is 203 Å². The van der Waals surface area contributed by atoms with Gasteiger partial charge in [0.1, 0.15) is 11.9 Å². The average molecular weight is 565 g/mol. The van der Waals surface area contributed by atoms with Gasteiger partial charge in [-0.05, 0) is 54.4 Å². The van der Waals surface area contributed by atoms with Crippen LogP contribution < -0.4 is 26.2 Å². The summed E-state index contributed by atoms with van der Waals surface area (Å²) in [5.74, 6) is 0.741. The zero-order chi connectivity index (χ0) is 29.9. The van der Waals surface area contributed by atoms with Crippen LogP contribution in [0.15, 0.2) is 59.7 Å². The van der Waals surface area contributed by atoms with Gasteiger partial charge in [-0.1, -0.05) is 0 Å². The minimum absolute atomic E-state index is 0.0308. The molecule has 0 fully saturated rings. The molecule has 0 aliphatic heterocycles. The van der Waals surface area contributed by atoms with Crippen LogP contribution in [0.2, 0.25) is 0 Å². The molecule has 0 aliphatic carbocycles. The van der Waals surface area contributed by atoms with Gasteiger partial charge in [-0.3, -0.25) is 15.2 Å². The lowest BCUT2D eigenvalue weighted by atomic mass is 9.99. The Morgan fingerprint density at radius 3 is 2.37 bits per heavy atom. The molecular weight excluding hydrogens is 532 g/mol. The molecule has 14 heteroatoms. The number of nitrogen functional groups attached to an aromatic ring is 1. The summed E-state index contributed by atoms with van der Waals surface area (Å²) in [5, 5.41) is 23.0. The van der Waals surface area contributed by atoms with Gasteiger partial charge in [-0.2, -0.15) is 0 Å². The molecule has 4 aromatic rings. The number of H-pyrrole nitrogens is 1. The van der Waals surface area contributed by atoms with Gasteiger partial charge < -0.3 is 30.4 Å². The Morgan fingerprint density at radius 1 is 1.15 bits per heavy atom. The molecule has 2 aromatic carbocycles. The van der Waals surface area contributed by atoms with Crippen LogP contribution in [-0.4, -0.2) is 69.6 Å². The summed E-state index contributed by atoms with van der Waals surface area (Å²) in [6.45, 7) is 1.56. The number of nitrogens with two attached hydrogens (primary N) is 1. The van der Waals surface area contributed by atoms with Crippen LogP contribution in [0.3, 0.4) is 0 Å². The molecule has 0 aliphatic rings. The fraction of sp³-hybridized carbons (Fsp3) is 0.259. The highest BCUT2D eigenvalue weighted by atomic mass is 16.5. The van der Waals surface area contributed by atoms with Gasteiger partial charge in [0, 0.05) is 43.2 Å². The zero-order valence-electron chi connectivity index (χ0n) is 23.0. The number of rotatable bonds is 11. The van der Waals surface area contributed by atoms with Crippen molar-refractivity contribution in [3.63, 3.8) is 0 Å². The van der Waals surface area contributed by atoms with Crippen molar-refractivity contribution in [1.29, 1.82) is 5.41 Å². The van der Waals surface area contributed by atoms with E-state index in [1.54, 1.807) is 51.7 Å². The number of aromatic nitrogens is 5. The zero-order valence-corrected chi connectivity index (χ0v) is 23.0. The van der Waals surface area contributed by atoms with E-state index in [2.05, 4.69) is 25.4 Å². The van der Waals surface area contributed by atoms with Crippen LogP contribution in [-0.2, 0) is 16.0 Å². The molecule has 1 atom stereocenters. The third-order valence-electron chi connectivity index (χ3n) is 5.64. The minimum Gasteiger partial charge on any atom is -0.493 e. The summed E-state index contributed by atoms with van der Waals surface area (Å²) in [4.78, 5) is 32.9. The highest BCUT2D eigenvalue weighted by Crippen LogP contribution is 2.37. The minimum atomic E-state index is -0.833. The molecule has 6 N–H and O–H groups in total. The van der Waals surface area contributed by atoms with E-state index >= 15 is 0 Å². The number of benzene rings is 2. The molecule has 216 valence electrons. The molecule has 0 saturated carbocycles. The Balaban J connectivity index is 0.00000108. The third kappa shape index (κ3) is 7.89. The van der Waals surface area contributed by atoms with Crippen LogP contribution in [0.1, 0.15) is 35.5 Å². The van der Waals surface area contributed by atoms with Gasteiger partial charge >= 0.3 is 5.69 Å². The smallest absolute Gasteiger partial charge is 0.350 e. The average Bonchev–Trinajstić information content (AvgIpc) is 3.35. The van der Waals surface area contributed by atoms with Crippen LogP contribution >= 0.6 is 0 Å². The first-order valence-corrected chi connectivity index (χ1v) is 12.3. The first-order valence-electron chi connectivity index (χ1n) is 12.3. The number of nitrogens with one attached hydrogen (secondary N) is 3. The molecule has 0 bridgehead atoms. The Hall–Kier alpha value is -5.24. The van der Waals surface area contributed by atoms with E-state index in [-0.39, 0.29) is 11.8 Å². The second kappa shape index (κ2) is 14.2. The van der Waals surface area contributed by atoms with E-state index < -0.39 is 17.7 Å². The maximum atomic E-state index is 12.8. The highest BCUT2D eigenvalue weighted by molar-refractivity contribution is 5.95. The van der Waals surface area contributed by atoms with Crippen LogP contribution in [0.5, 0.6) is 11.5 Å². The molecule has 0 spiro atoms. The van der Waals surface area contributed by atoms with Gasteiger partial charge in [0.05, 0.1) is 20.8 Å². The maximum Gasteiger partial charge on any atom is 0.350 e. The number of anilines is 1. The Labute approximate surface area is 235 Å². The summed E-state index contributed by atoms with van der Waals surface area (Å²) >= 11 is 0. The Bertz CT molecular complexity index is 1520. The summed E-state index contributed by atoms with van der Waals surface area (Å²) in [7, 11) is 4.78. The van der Waals surface area contributed by atoms with Crippen molar-refractivity contribution in [1.82, 2.24) is 24.7 Å². The number of nitrogens with zero attached hydrogens (tertiary/aromatic N) is 4. The van der Waals surface area contributed by atoms with Crippen molar-refractivity contribution in [2.24, 2.45) is 5.73 Å². The van der Waals surface area contributed by atoms with E-state index in [1.807, 2.05) is 12.1 Å². The second-order valence-corrected chi connectivity index (χ2v) is 8.52. The van der Waals surface area contributed by atoms with E-state index in [1.165, 1.54) is 12.4 Å². The number of aromatic amines is 1. The first-order chi connectivity index (χ1) is 19.7.